The maximum absolute atomic E-state index is 9.79. The molecule has 6 heteroatoms. The average Bonchev–Trinajstić information content (AvgIpc) is 2.60. The lowest BCUT2D eigenvalue weighted by Gasteiger charge is -2.12. The van der Waals surface area contributed by atoms with E-state index in [1.165, 1.54) is 15.4 Å². The van der Waals surface area contributed by atoms with Gasteiger partial charge in [-0.1, -0.05) is 13.8 Å². The Morgan fingerprint density at radius 1 is 0.778 bits per heavy atom. The maximum Gasteiger partial charge on any atom is 0.132 e. The molecule has 0 amide bonds. The van der Waals surface area contributed by atoms with Crippen LogP contribution in [0.15, 0.2) is 37.8 Å². The zero-order chi connectivity index (χ0) is 20.6. The second kappa shape index (κ2) is 12.1. The number of phenols is 2. The summed E-state index contributed by atoms with van der Waals surface area (Å²) in [5, 5.41) is 19.5. The fourth-order valence-corrected chi connectivity index (χ4v) is 5.95. The molecule has 2 aromatic rings. The highest BCUT2D eigenvalue weighted by atomic mass is 32.2. The molecule has 0 fully saturated rings. The van der Waals surface area contributed by atoms with Gasteiger partial charge in [-0.25, -0.2) is 0 Å². The lowest BCUT2D eigenvalue weighted by molar-refractivity contribution is 0.457. The maximum atomic E-state index is 9.79. The first-order valence-electron chi connectivity index (χ1n) is 8.80. The fourth-order valence-electron chi connectivity index (χ4n) is 2.73. The molecule has 0 spiro atoms. The van der Waals surface area contributed by atoms with Crippen LogP contribution in [-0.4, -0.2) is 34.2 Å². The highest BCUT2D eigenvalue weighted by Gasteiger charge is 2.10. The third-order valence-corrected chi connectivity index (χ3v) is 7.61. The zero-order valence-corrected chi connectivity index (χ0v) is 20.4. The van der Waals surface area contributed by atoms with E-state index < -0.39 is 0 Å². The van der Waals surface area contributed by atoms with Crippen LogP contribution in [0.4, 0.5) is 0 Å². The first kappa shape index (κ1) is 24.5. The van der Waals surface area contributed by atoms with Gasteiger partial charge in [-0.2, -0.15) is 0 Å². The van der Waals surface area contributed by atoms with Crippen molar-refractivity contribution in [1.29, 1.82) is 0 Å². The summed E-state index contributed by atoms with van der Waals surface area (Å²) in [6, 6.07) is 5.96. The van der Waals surface area contributed by atoms with Gasteiger partial charge in [0.1, 0.15) is 11.5 Å². The molecule has 2 N–H and O–H groups in total. The normalized spacial score (nSPS) is 10.5. The molecule has 0 aliphatic carbocycles. The molecule has 0 atom stereocenters. The van der Waals surface area contributed by atoms with Crippen molar-refractivity contribution in [3.05, 3.63) is 34.9 Å². The number of rotatable bonds is 6. The Kier molecular flexibility index (Phi) is 11.0. The van der Waals surface area contributed by atoms with Crippen molar-refractivity contribution in [2.24, 2.45) is 0 Å². The number of phenolic OH excluding ortho intramolecular Hbond substituents is 2. The SMILES string of the molecule is CCSc1cc(C)c(O)c(SCC)c1.CSc1c(C)cc(O)c(SC)c1C. The van der Waals surface area contributed by atoms with Crippen LogP contribution in [0.3, 0.4) is 0 Å². The van der Waals surface area contributed by atoms with E-state index in [2.05, 4.69) is 33.1 Å². The largest absolute Gasteiger partial charge is 0.507 e. The second-order valence-electron chi connectivity index (χ2n) is 5.86. The quantitative estimate of drug-likeness (QED) is 0.455. The first-order valence-corrected chi connectivity index (χ1v) is 13.2. The Morgan fingerprint density at radius 3 is 1.89 bits per heavy atom. The average molecular weight is 443 g/mol. The van der Waals surface area contributed by atoms with Gasteiger partial charge in [0.05, 0.1) is 9.79 Å². The van der Waals surface area contributed by atoms with Crippen molar-refractivity contribution in [1.82, 2.24) is 0 Å². The molecule has 0 bridgehead atoms. The van der Waals surface area contributed by atoms with Gasteiger partial charge in [-0.3, -0.25) is 0 Å². The minimum atomic E-state index is 0.403. The summed E-state index contributed by atoms with van der Waals surface area (Å²) < 4.78 is 0. The van der Waals surface area contributed by atoms with Crippen LogP contribution >= 0.6 is 47.0 Å². The molecule has 2 rings (SSSR count). The third kappa shape index (κ3) is 6.77. The molecule has 0 aliphatic rings. The van der Waals surface area contributed by atoms with Crippen LogP contribution in [0.5, 0.6) is 11.5 Å². The van der Waals surface area contributed by atoms with Crippen LogP contribution in [0.1, 0.15) is 30.5 Å². The predicted molar refractivity (Wildman–Crippen MR) is 127 cm³/mol. The van der Waals surface area contributed by atoms with E-state index in [4.69, 9.17) is 0 Å². The highest BCUT2D eigenvalue weighted by molar-refractivity contribution is 8.00. The monoisotopic (exact) mass is 442 g/mol. The number of thioether (sulfide) groups is 4. The smallest absolute Gasteiger partial charge is 0.132 e. The Morgan fingerprint density at radius 2 is 1.37 bits per heavy atom. The van der Waals surface area contributed by atoms with Crippen molar-refractivity contribution in [2.45, 2.75) is 54.2 Å². The van der Waals surface area contributed by atoms with Crippen LogP contribution in [0, 0.1) is 20.8 Å². The van der Waals surface area contributed by atoms with Crippen molar-refractivity contribution in [3.63, 3.8) is 0 Å². The molecule has 0 aliphatic heterocycles. The van der Waals surface area contributed by atoms with E-state index in [9.17, 15) is 10.2 Å². The molecular weight excluding hydrogens is 412 g/mol. The zero-order valence-electron chi connectivity index (χ0n) is 17.2. The number of hydrogen-bond donors (Lipinski definition) is 2. The van der Waals surface area contributed by atoms with Crippen molar-refractivity contribution in [2.75, 3.05) is 24.0 Å². The van der Waals surface area contributed by atoms with Crippen molar-refractivity contribution < 1.29 is 10.2 Å². The number of hydrogen-bond acceptors (Lipinski definition) is 6. The van der Waals surface area contributed by atoms with Gasteiger partial charge in [0, 0.05) is 9.79 Å². The molecule has 150 valence electrons. The minimum Gasteiger partial charge on any atom is -0.507 e. The molecule has 27 heavy (non-hydrogen) atoms. The summed E-state index contributed by atoms with van der Waals surface area (Å²) in [5.74, 6) is 2.91. The molecule has 0 radical (unpaired) electrons. The molecule has 2 aromatic carbocycles. The van der Waals surface area contributed by atoms with Crippen LogP contribution in [-0.2, 0) is 0 Å². The molecule has 0 saturated heterocycles. The van der Waals surface area contributed by atoms with Gasteiger partial charge in [-0.05, 0) is 79.7 Å². The van der Waals surface area contributed by atoms with E-state index in [0.717, 1.165) is 32.4 Å². The van der Waals surface area contributed by atoms with E-state index in [0.29, 0.717) is 11.5 Å². The molecule has 0 heterocycles. The van der Waals surface area contributed by atoms with E-state index in [1.54, 1.807) is 35.3 Å². The Labute approximate surface area is 181 Å². The molecule has 0 aromatic heterocycles. The van der Waals surface area contributed by atoms with Gasteiger partial charge >= 0.3 is 0 Å². The van der Waals surface area contributed by atoms with E-state index >= 15 is 0 Å². The standard InChI is InChI=1S/C11H16OS2.C10H14OS2/c1-4-13-9-6-8(3)11(12)10(7-9)14-5-2;1-6-5-8(11)10(13-4)7(2)9(6)12-3/h6-7,12H,4-5H2,1-3H3;5,11H,1-4H3. The Hall–Kier alpha value is -0.560. The molecular formula is C21H30O2S4. The Bertz CT molecular complexity index is 732. The lowest BCUT2D eigenvalue weighted by atomic mass is 10.1. The number of aryl methyl sites for hydroxylation is 2. The van der Waals surface area contributed by atoms with Crippen molar-refractivity contribution in [3.8, 4) is 11.5 Å². The van der Waals surface area contributed by atoms with Gasteiger partial charge in [0.15, 0.2) is 0 Å². The topological polar surface area (TPSA) is 40.5 Å². The summed E-state index contributed by atoms with van der Waals surface area (Å²) in [4.78, 5) is 4.53. The van der Waals surface area contributed by atoms with E-state index in [1.807, 2.05) is 44.0 Å². The van der Waals surface area contributed by atoms with Gasteiger partial charge in [0.2, 0.25) is 0 Å². The van der Waals surface area contributed by atoms with E-state index in [-0.39, 0.29) is 0 Å². The van der Waals surface area contributed by atoms with Crippen LogP contribution in [0.25, 0.3) is 0 Å². The summed E-state index contributed by atoms with van der Waals surface area (Å²) in [7, 11) is 0. The summed E-state index contributed by atoms with van der Waals surface area (Å²) in [6.07, 6.45) is 4.05. The third-order valence-electron chi connectivity index (χ3n) is 3.88. The molecule has 0 unspecified atom stereocenters. The van der Waals surface area contributed by atoms with Gasteiger partial charge in [0.25, 0.3) is 0 Å². The second-order valence-corrected chi connectivity index (χ2v) is 10.1. The summed E-state index contributed by atoms with van der Waals surface area (Å²) in [5.41, 5.74) is 3.32. The van der Waals surface area contributed by atoms with Gasteiger partial charge in [-0.15, -0.1) is 47.0 Å². The van der Waals surface area contributed by atoms with Crippen molar-refractivity contribution >= 4 is 47.0 Å². The summed E-state index contributed by atoms with van der Waals surface area (Å²) >= 11 is 6.84. The predicted octanol–water partition coefficient (Wildman–Crippen LogP) is 7.38. The van der Waals surface area contributed by atoms with Crippen LogP contribution in [0.2, 0.25) is 0 Å². The Balaban J connectivity index is 0.000000271. The summed E-state index contributed by atoms with van der Waals surface area (Å²) in [6.45, 7) is 10.3. The highest BCUT2D eigenvalue weighted by Crippen LogP contribution is 2.38. The lowest BCUT2D eigenvalue weighted by Crippen LogP contribution is -1.88. The minimum absolute atomic E-state index is 0.403. The molecule has 0 saturated carbocycles. The number of benzene rings is 2. The molecule has 2 nitrogen and oxygen atoms in total. The fraction of sp³-hybridized carbons (Fsp3) is 0.429. The number of aromatic hydroxyl groups is 2. The van der Waals surface area contributed by atoms with Crippen LogP contribution < -0.4 is 0 Å². The van der Waals surface area contributed by atoms with Gasteiger partial charge < -0.3 is 10.2 Å². The first-order chi connectivity index (χ1) is 12.8.